The Hall–Kier alpha value is -2.64. The number of carbonyl (C=O) groups excluding carboxylic acids is 1. The second-order valence-electron chi connectivity index (χ2n) is 5.91. The molecule has 0 bridgehead atoms. The SMILES string of the molecule is COCCN(Cc1ccco1)C(=O)CCc1nc(-c2ccc(Cl)cc2)no1. The highest BCUT2D eigenvalue weighted by Crippen LogP contribution is 2.19. The van der Waals surface area contributed by atoms with Crippen molar-refractivity contribution in [2.24, 2.45) is 0 Å². The first-order chi connectivity index (χ1) is 13.2. The van der Waals surface area contributed by atoms with Gasteiger partial charge in [0.25, 0.3) is 0 Å². The van der Waals surface area contributed by atoms with Crippen LogP contribution in [0.3, 0.4) is 0 Å². The number of amides is 1. The maximum Gasteiger partial charge on any atom is 0.227 e. The Morgan fingerprint density at radius 1 is 1.26 bits per heavy atom. The van der Waals surface area contributed by atoms with Crippen molar-refractivity contribution >= 4 is 17.5 Å². The number of furan rings is 1. The molecular weight excluding hydrogens is 370 g/mol. The molecule has 0 fully saturated rings. The molecule has 0 spiro atoms. The van der Waals surface area contributed by atoms with Crippen molar-refractivity contribution in [1.82, 2.24) is 15.0 Å². The first-order valence-electron chi connectivity index (χ1n) is 8.53. The lowest BCUT2D eigenvalue weighted by atomic mass is 10.2. The van der Waals surface area contributed by atoms with E-state index in [0.717, 1.165) is 11.3 Å². The van der Waals surface area contributed by atoms with Gasteiger partial charge in [-0.3, -0.25) is 4.79 Å². The van der Waals surface area contributed by atoms with Gasteiger partial charge in [-0.1, -0.05) is 16.8 Å². The number of halogens is 1. The molecule has 3 aromatic rings. The molecule has 0 saturated carbocycles. The summed E-state index contributed by atoms with van der Waals surface area (Å²) < 4.78 is 15.7. The van der Waals surface area contributed by atoms with E-state index in [-0.39, 0.29) is 12.3 Å². The summed E-state index contributed by atoms with van der Waals surface area (Å²) in [5.41, 5.74) is 0.806. The summed E-state index contributed by atoms with van der Waals surface area (Å²) in [6.45, 7) is 1.33. The molecule has 142 valence electrons. The van der Waals surface area contributed by atoms with Crippen LogP contribution in [0.4, 0.5) is 0 Å². The number of aromatic nitrogens is 2. The van der Waals surface area contributed by atoms with E-state index in [4.69, 9.17) is 25.3 Å². The monoisotopic (exact) mass is 389 g/mol. The lowest BCUT2D eigenvalue weighted by molar-refractivity contribution is -0.132. The summed E-state index contributed by atoms with van der Waals surface area (Å²) in [7, 11) is 1.60. The normalized spacial score (nSPS) is 10.9. The van der Waals surface area contributed by atoms with Crippen LogP contribution in [-0.2, 0) is 22.5 Å². The summed E-state index contributed by atoms with van der Waals surface area (Å²) in [6, 6.07) is 10.8. The Morgan fingerprint density at radius 2 is 2.07 bits per heavy atom. The molecule has 2 heterocycles. The number of benzene rings is 1. The van der Waals surface area contributed by atoms with Crippen molar-refractivity contribution in [1.29, 1.82) is 0 Å². The van der Waals surface area contributed by atoms with E-state index in [1.807, 2.05) is 18.2 Å². The fraction of sp³-hybridized carbons (Fsp3) is 0.316. The zero-order valence-electron chi connectivity index (χ0n) is 14.9. The molecule has 0 atom stereocenters. The number of ether oxygens (including phenoxy) is 1. The molecule has 1 aromatic carbocycles. The van der Waals surface area contributed by atoms with Gasteiger partial charge in [-0.25, -0.2) is 0 Å². The highest BCUT2D eigenvalue weighted by Gasteiger charge is 2.17. The third-order valence-electron chi connectivity index (χ3n) is 3.97. The zero-order valence-corrected chi connectivity index (χ0v) is 15.7. The average molecular weight is 390 g/mol. The van der Waals surface area contributed by atoms with Gasteiger partial charge >= 0.3 is 0 Å². The Kier molecular flexibility index (Phi) is 6.62. The Bertz CT molecular complexity index is 846. The van der Waals surface area contributed by atoms with Gasteiger partial charge in [0.1, 0.15) is 5.76 Å². The van der Waals surface area contributed by atoms with Crippen LogP contribution in [0.25, 0.3) is 11.4 Å². The minimum atomic E-state index is -0.0327. The van der Waals surface area contributed by atoms with E-state index >= 15 is 0 Å². The number of hydrogen-bond donors (Lipinski definition) is 0. The number of rotatable bonds is 9. The molecule has 0 aliphatic rings. The summed E-state index contributed by atoms with van der Waals surface area (Å²) in [5, 5.41) is 4.60. The van der Waals surface area contributed by atoms with Crippen molar-refractivity contribution in [2.45, 2.75) is 19.4 Å². The number of methoxy groups -OCH3 is 1. The molecule has 7 nitrogen and oxygen atoms in total. The maximum atomic E-state index is 12.6. The van der Waals surface area contributed by atoms with Crippen molar-refractivity contribution in [2.75, 3.05) is 20.3 Å². The van der Waals surface area contributed by atoms with Gasteiger partial charge in [0.05, 0.1) is 19.4 Å². The number of hydrogen-bond acceptors (Lipinski definition) is 6. The molecule has 0 N–H and O–H groups in total. The molecule has 1 amide bonds. The summed E-state index contributed by atoms with van der Waals surface area (Å²) in [5.74, 6) is 1.58. The van der Waals surface area contributed by atoms with E-state index in [1.54, 1.807) is 36.5 Å². The zero-order chi connectivity index (χ0) is 19.1. The first-order valence-corrected chi connectivity index (χ1v) is 8.91. The second-order valence-corrected chi connectivity index (χ2v) is 6.34. The van der Waals surface area contributed by atoms with Crippen molar-refractivity contribution in [3.63, 3.8) is 0 Å². The van der Waals surface area contributed by atoms with Crippen LogP contribution in [0.5, 0.6) is 0 Å². The van der Waals surface area contributed by atoms with Crippen LogP contribution in [0, 0.1) is 0 Å². The van der Waals surface area contributed by atoms with E-state index in [2.05, 4.69) is 10.1 Å². The quantitative estimate of drug-likeness (QED) is 0.556. The molecule has 0 saturated heterocycles. The Labute approximate surface area is 161 Å². The van der Waals surface area contributed by atoms with Gasteiger partial charge in [0.15, 0.2) is 0 Å². The predicted molar refractivity (Wildman–Crippen MR) is 99.1 cm³/mol. The Morgan fingerprint density at radius 3 is 2.78 bits per heavy atom. The standard InChI is InChI=1S/C19H20ClN3O4/c1-25-12-10-23(13-16-3-2-11-26-16)18(24)9-8-17-21-19(22-27-17)14-4-6-15(20)7-5-14/h2-7,11H,8-10,12-13H2,1H3. The van der Waals surface area contributed by atoms with Crippen LogP contribution >= 0.6 is 11.6 Å². The van der Waals surface area contributed by atoms with Crippen LogP contribution < -0.4 is 0 Å². The van der Waals surface area contributed by atoms with Crippen LogP contribution in [0.1, 0.15) is 18.1 Å². The predicted octanol–water partition coefficient (Wildman–Crippen LogP) is 3.59. The molecule has 0 aliphatic heterocycles. The lowest BCUT2D eigenvalue weighted by Crippen LogP contribution is -2.33. The van der Waals surface area contributed by atoms with E-state index in [1.165, 1.54) is 0 Å². The highest BCUT2D eigenvalue weighted by atomic mass is 35.5. The minimum Gasteiger partial charge on any atom is -0.467 e. The van der Waals surface area contributed by atoms with Crippen LogP contribution in [-0.4, -0.2) is 41.2 Å². The van der Waals surface area contributed by atoms with Crippen LogP contribution in [0.2, 0.25) is 5.02 Å². The van der Waals surface area contributed by atoms with E-state index < -0.39 is 0 Å². The summed E-state index contributed by atoms with van der Waals surface area (Å²) >= 11 is 5.88. The number of aryl methyl sites for hydroxylation is 1. The van der Waals surface area contributed by atoms with Crippen molar-refractivity contribution in [3.8, 4) is 11.4 Å². The third-order valence-corrected chi connectivity index (χ3v) is 4.22. The highest BCUT2D eigenvalue weighted by molar-refractivity contribution is 6.30. The van der Waals surface area contributed by atoms with Crippen molar-refractivity contribution < 1.29 is 18.5 Å². The van der Waals surface area contributed by atoms with Crippen LogP contribution in [0.15, 0.2) is 51.6 Å². The van der Waals surface area contributed by atoms with E-state index in [9.17, 15) is 4.79 Å². The summed E-state index contributed by atoms with van der Waals surface area (Å²) in [4.78, 5) is 18.6. The molecule has 0 radical (unpaired) electrons. The van der Waals surface area contributed by atoms with Gasteiger partial charge in [-0.05, 0) is 36.4 Å². The topological polar surface area (TPSA) is 81.6 Å². The Balaban J connectivity index is 1.58. The lowest BCUT2D eigenvalue weighted by Gasteiger charge is -2.21. The summed E-state index contributed by atoms with van der Waals surface area (Å²) in [6.07, 6.45) is 2.21. The van der Waals surface area contributed by atoms with Gasteiger partial charge in [0.2, 0.25) is 17.6 Å². The number of nitrogens with zero attached hydrogens (tertiary/aromatic N) is 3. The van der Waals surface area contributed by atoms with Gasteiger partial charge < -0.3 is 18.6 Å². The third kappa shape index (κ3) is 5.42. The largest absolute Gasteiger partial charge is 0.467 e. The minimum absolute atomic E-state index is 0.0327. The molecule has 0 unspecified atom stereocenters. The fourth-order valence-electron chi connectivity index (χ4n) is 2.53. The number of carbonyl (C=O) groups is 1. The molecule has 3 rings (SSSR count). The van der Waals surface area contributed by atoms with Crippen molar-refractivity contribution in [3.05, 3.63) is 59.3 Å². The smallest absolute Gasteiger partial charge is 0.227 e. The van der Waals surface area contributed by atoms with Gasteiger partial charge in [0, 0.05) is 37.1 Å². The maximum absolute atomic E-state index is 12.6. The first kappa shape index (κ1) is 19.1. The van der Waals surface area contributed by atoms with Gasteiger partial charge in [-0.15, -0.1) is 0 Å². The molecule has 8 heteroatoms. The second kappa shape index (κ2) is 9.34. The van der Waals surface area contributed by atoms with E-state index in [0.29, 0.717) is 42.9 Å². The molecular formula is C19H20ClN3O4. The molecule has 0 aliphatic carbocycles. The average Bonchev–Trinajstić information content (AvgIpc) is 3.35. The fourth-order valence-corrected chi connectivity index (χ4v) is 2.65. The molecule has 27 heavy (non-hydrogen) atoms. The molecule has 2 aromatic heterocycles. The van der Waals surface area contributed by atoms with Gasteiger partial charge in [-0.2, -0.15) is 4.98 Å².